The van der Waals surface area contributed by atoms with Gasteiger partial charge in [-0.1, -0.05) is 128 Å². The fourth-order valence-electron chi connectivity index (χ4n) is 7.38. The lowest BCUT2D eigenvalue weighted by Gasteiger charge is -2.21. The molecule has 1 aromatic rings. The van der Waals surface area contributed by atoms with E-state index in [4.69, 9.17) is 33.7 Å². The highest BCUT2D eigenvalue weighted by molar-refractivity contribution is 7.61. The first-order valence-corrected chi connectivity index (χ1v) is 27.5. The zero-order valence-electron chi connectivity index (χ0n) is 40.3. The van der Waals surface area contributed by atoms with Crippen LogP contribution in [0.4, 0.5) is 5.82 Å². The average Bonchev–Trinajstić information content (AvgIpc) is 3.98. The lowest BCUT2D eigenvalue weighted by atomic mass is 9.99. The Morgan fingerprint density at radius 3 is 2.13 bits per heavy atom. The van der Waals surface area contributed by atoms with Gasteiger partial charge in [-0.15, -0.1) is 0 Å². The summed E-state index contributed by atoms with van der Waals surface area (Å²) < 4.78 is 62.5. The molecule has 21 heteroatoms. The molecule has 0 amide bonds. The first-order valence-electron chi connectivity index (χ1n) is 24.5. The second kappa shape index (κ2) is 32.8. The molecule has 0 aliphatic carbocycles. The molecule has 2 saturated heterocycles. The molecule has 0 bridgehead atoms. The monoisotopic (exact) mass is 1000 g/mol. The molecule has 2 aliphatic rings. The molecule has 388 valence electrons. The van der Waals surface area contributed by atoms with Crippen LogP contribution in [0.1, 0.15) is 162 Å². The molecule has 10 atom stereocenters. The van der Waals surface area contributed by atoms with E-state index in [1.807, 2.05) is 0 Å². The molecule has 2 aliphatic heterocycles. The number of hydrogen-bond donors (Lipinski definition) is 5. The number of nitrogens with zero attached hydrogens (tertiary/aromatic N) is 2. The first kappa shape index (κ1) is 59.2. The Balaban J connectivity index is 1.43. The Kier molecular flexibility index (Phi) is 28.5. The number of phosphoric ester groups is 2. The van der Waals surface area contributed by atoms with E-state index in [0.717, 1.165) is 68.0 Å². The van der Waals surface area contributed by atoms with Gasteiger partial charge in [-0.25, -0.2) is 13.9 Å². The van der Waals surface area contributed by atoms with Gasteiger partial charge in [0.25, 0.3) is 0 Å². The van der Waals surface area contributed by atoms with Crippen LogP contribution >= 0.6 is 15.6 Å². The number of anilines is 1. The minimum Gasteiger partial charge on any atom is -0.462 e. The molecule has 19 nitrogen and oxygen atoms in total. The van der Waals surface area contributed by atoms with Gasteiger partial charge in [0.2, 0.25) is 0 Å². The summed E-state index contributed by atoms with van der Waals surface area (Å²) in [6, 6.07) is 1.24. The van der Waals surface area contributed by atoms with E-state index in [1.54, 1.807) is 0 Å². The number of epoxide rings is 1. The predicted molar refractivity (Wildman–Crippen MR) is 256 cm³/mol. The van der Waals surface area contributed by atoms with Crippen LogP contribution in [-0.2, 0) is 51.0 Å². The van der Waals surface area contributed by atoms with Gasteiger partial charge >= 0.3 is 33.3 Å². The zero-order chi connectivity index (χ0) is 49.8. The van der Waals surface area contributed by atoms with Gasteiger partial charge in [-0.3, -0.25) is 23.2 Å². The second-order valence-corrected chi connectivity index (χ2v) is 20.6. The summed E-state index contributed by atoms with van der Waals surface area (Å²) in [6.45, 7) is 4.32. The van der Waals surface area contributed by atoms with Crippen molar-refractivity contribution in [2.75, 3.05) is 25.6 Å². The third kappa shape index (κ3) is 25.2. The molecule has 0 aromatic carbocycles. The number of aliphatic hydroxyl groups excluding tert-OH is 2. The van der Waals surface area contributed by atoms with E-state index in [2.05, 4.69) is 66.5 Å². The van der Waals surface area contributed by atoms with Gasteiger partial charge in [0.1, 0.15) is 30.7 Å². The van der Waals surface area contributed by atoms with Crippen LogP contribution < -0.4 is 11.4 Å². The maximum atomic E-state index is 12.8. The first-order chi connectivity index (χ1) is 32.5. The van der Waals surface area contributed by atoms with Gasteiger partial charge in [-0.05, 0) is 63.4 Å². The number of carbonyl (C=O) groups excluding carboxylic acids is 2. The lowest BCUT2D eigenvalue weighted by molar-refractivity contribution is -0.161. The quantitative estimate of drug-likeness (QED) is 0.0137. The van der Waals surface area contributed by atoms with E-state index in [9.17, 15) is 43.5 Å². The fraction of sp³-hybridized carbons (Fsp3) is 0.745. The number of nitrogen functional groups attached to an aromatic ring is 1. The number of ether oxygens (including phenoxy) is 4. The lowest BCUT2D eigenvalue weighted by Crippen LogP contribution is -2.36. The molecular weight excluding hydrogens is 924 g/mol. The van der Waals surface area contributed by atoms with Crippen molar-refractivity contribution in [3.8, 4) is 0 Å². The van der Waals surface area contributed by atoms with E-state index in [1.165, 1.54) is 57.4 Å². The predicted octanol–water partition coefficient (Wildman–Crippen LogP) is 8.45. The summed E-state index contributed by atoms with van der Waals surface area (Å²) in [4.78, 5) is 61.9. The zero-order valence-corrected chi connectivity index (χ0v) is 42.1. The van der Waals surface area contributed by atoms with Crippen LogP contribution in [-0.4, -0.2) is 97.9 Å². The molecule has 68 heavy (non-hydrogen) atoms. The number of unbranched alkanes of at least 4 members (excludes halogenated alkanes) is 10. The molecule has 6 N–H and O–H groups in total. The Labute approximate surface area is 402 Å². The molecule has 3 rings (SSSR count). The molecule has 1 aromatic heterocycles. The maximum absolute atomic E-state index is 12.8. The minimum atomic E-state index is -5.44. The highest BCUT2D eigenvalue weighted by Gasteiger charge is 2.46. The van der Waals surface area contributed by atoms with Crippen molar-refractivity contribution in [2.45, 2.75) is 198 Å². The number of nitrogens with two attached hydrogens (primary N) is 1. The molecule has 5 unspecified atom stereocenters. The van der Waals surface area contributed by atoms with Gasteiger partial charge in [0, 0.05) is 19.0 Å². The number of allylic oxidation sites excluding steroid dienone is 5. The highest BCUT2D eigenvalue weighted by Crippen LogP contribution is 2.60. The van der Waals surface area contributed by atoms with E-state index in [-0.39, 0.29) is 30.9 Å². The number of aliphatic hydroxyl groups is 2. The van der Waals surface area contributed by atoms with Crippen molar-refractivity contribution in [3.05, 3.63) is 59.2 Å². The average molecular weight is 1000 g/mol. The normalized spacial score (nSPS) is 23.2. The Morgan fingerprint density at radius 1 is 0.794 bits per heavy atom. The van der Waals surface area contributed by atoms with Crippen LogP contribution in [0.25, 0.3) is 0 Å². The smallest absolute Gasteiger partial charge is 0.462 e. The van der Waals surface area contributed by atoms with Gasteiger partial charge < -0.3 is 44.7 Å². The molecule has 0 saturated carbocycles. The van der Waals surface area contributed by atoms with E-state index in [0.29, 0.717) is 19.3 Å². The minimum absolute atomic E-state index is 0.0324. The second-order valence-electron chi connectivity index (χ2n) is 17.6. The Bertz CT molecular complexity index is 1860. The number of hydrogen-bond acceptors (Lipinski definition) is 16. The summed E-state index contributed by atoms with van der Waals surface area (Å²) in [5.41, 5.74) is 4.58. The van der Waals surface area contributed by atoms with Crippen LogP contribution in [0.15, 0.2) is 53.5 Å². The third-order valence-corrected chi connectivity index (χ3v) is 14.3. The van der Waals surface area contributed by atoms with Crippen molar-refractivity contribution in [2.24, 2.45) is 5.92 Å². The Hall–Kier alpha value is -3.06. The SMILES string of the molecule is CCCCC/C=C\C/C=C\C/C=C\CC1OC1CCCC(=O)OC[C@H](COP(=O)(O)OP(=O)(O)OC[C@H]1O[C@@H](n2ccc(N)nc2=O)[C@H](O)[C@@H]1O)OC(=O)CCCCCCCCCCC(C)CC. The van der Waals surface area contributed by atoms with Crippen LogP contribution in [0, 0.1) is 5.92 Å². The standard InChI is InChI=1S/C47H79N3O16P2/c1-4-6-7-8-9-10-11-12-13-17-20-23-27-38-39(64-38)28-25-30-42(51)60-33-37(63-43(52)29-24-21-18-15-14-16-19-22-26-36(3)5-2)34-61-67(56,57)66-68(58,59)62-35-40-44(53)45(54)46(65-40)50-32-31-41(48)49-47(50)55/h9-10,12-13,20,23,31-32,36-40,44-46,53-54H,4-8,11,14-19,21-22,24-30,33-35H2,1-3H3,(H,56,57)(H,58,59)(H2,48,49,55)/b10-9-,13-12-,23-20-/t36?,37-,38?,39?,40-,44-,45-,46-/m1/s1. The van der Waals surface area contributed by atoms with Gasteiger partial charge in [0.15, 0.2) is 12.3 Å². The van der Waals surface area contributed by atoms with Gasteiger partial charge in [0.05, 0.1) is 25.4 Å². The number of rotatable bonds is 38. The largest absolute Gasteiger partial charge is 0.481 e. The molecule has 0 radical (unpaired) electrons. The highest BCUT2D eigenvalue weighted by atomic mass is 31.3. The summed E-state index contributed by atoms with van der Waals surface area (Å²) in [5.74, 6) is -0.620. The Morgan fingerprint density at radius 2 is 1.44 bits per heavy atom. The summed E-state index contributed by atoms with van der Waals surface area (Å²) in [7, 11) is -10.9. The maximum Gasteiger partial charge on any atom is 0.481 e. The summed E-state index contributed by atoms with van der Waals surface area (Å²) in [5, 5.41) is 20.9. The number of esters is 2. The third-order valence-electron chi connectivity index (χ3n) is 11.7. The van der Waals surface area contributed by atoms with Gasteiger partial charge in [-0.2, -0.15) is 9.29 Å². The molecule has 0 spiro atoms. The van der Waals surface area contributed by atoms with Crippen molar-refractivity contribution >= 4 is 33.4 Å². The molecule has 3 heterocycles. The van der Waals surface area contributed by atoms with Crippen molar-refractivity contribution in [1.82, 2.24) is 9.55 Å². The van der Waals surface area contributed by atoms with Crippen LogP contribution in [0.2, 0.25) is 0 Å². The topological polar surface area (TPSA) is 278 Å². The fourth-order valence-corrected chi connectivity index (χ4v) is 9.49. The van der Waals surface area contributed by atoms with Crippen molar-refractivity contribution in [3.63, 3.8) is 0 Å². The molecular formula is C47H79N3O16P2. The van der Waals surface area contributed by atoms with E-state index >= 15 is 0 Å². The van der Waals surface area contributed by atoms with Crippen LogP contribution in [0.3, 0.4) is 0 Å². The van der Waals surface area contributed by atoms with Crippen molar-refractivity contribution in [1.29, 1.82) is 0 Å². The number of aromatic nitrogens is 2. The summed E-state index contributed by atoms with van der Waals surface area (Å²) in [6.07, 6.45) is 25.5. The van der Waals surface area contributed by atoms with Crippen LogP contribution in [0.5, 0.6) is 0 Å². The van der Waals surface area contributed by atoms with E-state index < -0.39 is 83.7 Å². The molecule has 2 fully saturated rings. The van der Waals surface area contributed by atoms with Crippen molar-refractivity contribution < 1.29 is 71.0 Å². The summed E-state index contributed by atoms with van der Waals surface area (Å²) >= 11 is 0. The number of phosphoric acid groups is 2. The number of carbonyl (C=O) groups is 2.